The van der Waals surface area contributed by atoms with Gasteiger partial charge in [-0.25, -0.2) is 4.79 Å². The summed E-state index contributed by atoms with van der Waals surface area (Å²) in [6.45, 7) is 1.08. The van der Waals surface area contributed by atoms with Gasteiger partial charge in [-0.1, -0.05) is 0 Å². The minimum atomic E-state index is -1.07. The molecule has 0 unspecified atom stereocenters. The van der Waals surface area contributed by atoms with Gasteiger partial charge in [0.25, 0.3) is 5.91 Å². The Morgan fingerprint density at radius 3 is 2.90 bits per heavy atom. The second kappa shape index (κ2) is 8.89. The normalized spacial score (nSPS) is 10.5. The minimum Gasteiger partial charge on any atom is -0.478 e. The lowest BCUT2D eigenvalue weighted by Crippen LogP contribution is -2.34. The maximum atomic E-state index is 12.5. The summed E-state index contributed by atoms with van der Waals surface area (Å²) in [7, 11) is 1.54. The van der Waals surface area contributed by atoms with Gasteiger partial charge >= 0.3 is 5.97 Å². The Hall–Kier alpha value is -2.17. The van der Waals surface area contributed by atoms with Crippen LogP contribution in [0.4, 0.5) is 0 Å². The first-order valence-corrected chi connectivity index (χ1v) is 7.11. The number of aliphatic carboxylic acids is 1. The monoisotopic (exact) mass is 308 g/mol. The van der Waals surface area contributed by atoms with Crippen LogP contribution in [0.3, 0.4) is 0 Å². The van der Waals surface area contributed by atoms with Crippen molar-refractivity contribution in [3.63, 3.8) is 0 Å². The zero-order valence-electron chi connectivity index (χ0n) is 11.6. The van der Waals surface area contributed by atoms with Gasteiger partial charge in [0.2, 0.25) is 0 Å². The summed E-state index contributed by atoms with van der Waals surface area (Å²) in [5, 5.41) is 19.0. The summed E-state index contributed by atoms with van der Waals surface area (Å²) in [4.78, 5) is 25.0. The van der Waals surface area contributed by atoms with Crippen LogP contribution in [0, 0.1) is 11.3 Å². The van der Waals surface area contributed by atoms with E-state index in [4.69, 9.17) is 15.1 Å². The van der Waals surface area contributed by atoms with Crippen molar-refractivity contribution < 1.29 is 19.4 Å². The summed E-state index contributed by atoms with van der Waals surface area (Å²) in [5.41, 5.74) is 0.562. The number of nitriles is 1. The third kappa shape index (κ3) is 5.38. The molecule has 0 atom stereocenters. The molecule has 0 radical (unpaired) electrons. The van der Waals surface area contributed by atoms with Crippen LogP contribution < -0.4 is 0 Å². The number of hydrogen-bond acceptors (Lipinski definition) is 5. The molecule has 1 rings (SSSR count). The molecule has 6 nitrogen and oxygen atoms in total. The van der Waals surface area contributed by atoms with E-state index in [0.29, 0.717) is 30.1 Å². The minimum absolute atomic E-state index is 0.220. The van der Waals surface area contributed by atoms with Crippen molar-refractivity contribution in [1.29, 1.82) is 5.26 Å². The highest BCUT2D eigenvalue weighted by Gasteiger charge is 2.19. The zero-order chi connectivity index (χ0) is 15.7. The lowest BCUT2D eigenvalue weighted by molar-refractivity contribution is -0.131. The molecular formula is C14H16N2O4S. The number of rotatable bonds is 8. The van der Waals surface area contributed by atoms with Crippen LogP contribution in [-0.4, -0.2) is 48.7 Å². The van der Waals surface area contributed by atoms with Crippen LogP contribution in [0.25, 0.3) is 6.08 Å². The van der Waals surface area contributed by atoms with Crippen molar-refractivity contribution >= 4 is 29.3 Å². The summed E-state index contributed by atoms with van der Waals surface area (Å²) in [6, 6.07) is 3.70. The van der Waals surface area contributed by atoms with Crippen molar-refractivity contribution in [2.75, 3.05) is 26.8 Å². The standard InChI is InChI=1S/C14H16N2O4S/c1-20-9-8-16(7-2-6-15)14(19)13-11(5-10-21-13)3-4-12(17)18/h3-5,10H,2,7-9H2,1H3,(H,17,18). The van der Waals surface area contributed by atoms with E-state index in [-0.39, 0.29) is 12.3 Å². The molecule has 112 valence electrons. The quantitative estimate of drug-likeness (QED) is 0.740. The number of carbonyl (C=O) groups excluding carboxylic acids is 1. The molecule has 0 fully saturated rings. The molecule has 0 bridgehead atoms. The smallest absolute Gasteiger partial charge is 0.328 e. The molecule has 0 saturated carbocycles. The summed E-state index contributed by atoms with van der Waals surface area (Å²) in [6.07, 6.45) is 2.62. The third-order valence-corrected chi connectivity index (χ3v) is 3.56. The number of methoxy groups -OCH3 is 1. The maximum Gasteiger partial charge on any atom is 0.328 e. The molecule has 0 aliphatic rings. The van der Waals surface area contributed by atoms with E-state index in [9.17, 15) is 9.59 Å². The van der Waals surface area contributed by atoms with Gasteiger partial charge in [0.05, 0.1) is 24.0 Å². The Labute approximate surface area is 126 Å². The van der Waals surface area contributed by atoms with E-state index in [1.165, 1.54) is 22.3 Å². The number of amides is 1. The number of carboxylic acids is 1. The van der Waals surface area contributed by atoms with E-state index in [0.717, 1.165) is 6.08 Å². The number of carbonyl (C=O) groups is 2. The third-order valence-electron chi connectivity index (χ3n) is 2.64. The Balaban J connectivity index is 2.90. The molecule has 0 aliphatic heterocycles. The fourth-order valence-corrected chi connectivity index (χ4v) is 2.48. The second-order valence-corrected chi connectivity index (χ2v) is 4.99. The lowest BCUT2D eigenvalue weighted by Gasteiger charge is -2.20. The number of thiophene rings is 1. The van der Waals surface area contributed by atoms with E-state index in [2.05, 4.69) is 0 Å². The van der Waals surface area contributed by atoms with Gasteiger partial charge in [0.15, 0.2) is 0 Å². The van der Waals surface area contributed by atoms with Crippen LogP contribution in [0.15, 0.2) is 17.5 Å². The van der Waals surface area contributed by atoms with Gasteiger partial charge in [-0.2, -0.15) is 5.26 Å². The summed E-state index contributed by atoms with van der Waals surface area (Å²) >= 11 is 1.25. The summed E-state index contributed by atoms with van der Waals surface area (Å²) < 4.78 is 4.96. The number of hydrogen-bond donors (Lipinski definition) is 1. The number of nitrogens with zero attached hydrogens (tertiary/aromatic N) is 2. The molecule has 0 saturated heterocycles. The lowest BCUT2D eigenvalue weighted by atomic mass is 10.2. The highest BCUT2D eigenvalue weighted by atomic mass is 32.1. The Morgan fingerprint density at radius 2 is 2.29 bits per heavy atom. The van der Waals surface area contributed by atoms with Crippen LogP contribution in [0.5, 0.6) is 0 Å². The van der Waals surface area contributed by atoms with Gasteiger partial charge in [0, 0.05) is 26.3 Å². The van der Waals surface area contributed by atoms with Crippen LogP contribution >= 0.6 is 11.3 Å². The summed E-state index contributed by atoms with van der Waals surface area (Å²) in [5.74, 6) is -1.29. The van der Waals surface area contributed by atoms with Crippen molar-refractivity contribution in [1.82, 2.24) is 4.90 Å². The average Bonchev–Trinajstić information content (AvgIpc) is 2.93. The van der Waals surface area contributed by atoms with Crippen molar-refractivity contribution in [3.8, 4) is 6.07 Å². The maximum absolute atomic E-state index is 12.5. The largest absolute Gasteiger partial charge is 0.478 e. The van der Waals surface area contributed by atoms with Gasteiger partial charge < -0.3 is 14.7 Å². The molecule has 7 heteroatoms. The highest BCUT2D eigenvalue weighted by Crippen LogP contribution is 2.20. The molecule has 1 amide bonds. The molecule has 0 aliphatic carbocycles. The van der Waals surface area contributed by atoms with Crippen molar-refractivity contribution in [2.45, 2.75) is 6.42 Å². The SMILES string of the molecule is COCCN(CCC#N)C(=O)c1sccc1C=CC(=O)O. The highest BCUT2D eigenvalue weighted by molar-refractivity contribution is 7.12. The average molecular weight is 308 g/mol. The molecule has 1 aromatic rings. The Bertz CT molecular complexity index is 560. The van der Waals surface area contributed by atoms with Crippen LogP contribution in [0.1, 0.15) is 21.7 Å². The number of ether oxygens (including phenoxy) is 1. The van der Waals surface area contributed by atoms with Crippen molar-refractivity contribution in [2.24, 2.45) is 0 Å². The van der Waals surface area contributed by atoms with E-state index >= 15 is 0 Å². The van der Waals surface area contributed by atoms with Crippen LogP contribution in [-0.2, 0) is 9.53 Å². The Kier molecular flexibility index (Phi) is 7.15. The molecule has 0 aromatic carbocycles. The predicted octanol–water partition coefficient (Wildman–Crippen LogP) is 1.85. The van der Waals surface area contributed by atoms with Gasteiger partial charge in [-0.05, 0) is 23.1 Å². The molecule has 21 heavy (non-hydrogen) atoms. The van der Waals surface area contributed by atoms with Gasteiger partial charge in [0.1, 0.15) is 0 Å². The van der Waals surface area contributed by atoms with E-state index < -0.39 is 5.97 Å². The Morgan fingerprint density at radius 1 is 1.52 bits per heavy atom. The molecular weight excluding hydrogens is 292 g/mol. The first-order valence-electron chi connectivity index (χ1n) is 6.23. The van der Waals surface area contributed by atoms with Crippen molar-refractivity contribution in [3.05, 3.63) is 28.0 Å². The van der Waals surface area contributed by atoms with E-state index in [1.807, 2.05) is 6.07 Å². The predicted molar refractivity (Wildman–Crippen MR) is 79.0 cm³/mol. The first kappa shape index (κ1) is 16.9. The molecule has 0 spiro atoms. The molecule has 1 aromatic heterocycles. The van der Waals surface area contributed by atoms with Crippen LogP contribution in [0.2, 0.25) is 0 Å². The molecule has 1 N–H and O–H groups in total. The van der Waals surface area contributed by atoms with E-state index in [1.54, 1.807) is 18.6 Å². The number of carboxylic acid groups (broad SMARTS) is 1. The first-order chi connectivity index (χ1) is 10.1. The second-order valence-electron chi connectivity index (χ2n) is 4.07. The topological polar surface area (TPSA) is 90.6 Å². The zero-order valence-corrected chi connectivity index (χ0v) is 12.4. The fourth-order valence-electron chi connectivity index (χ4n) is 1.63. The fraction of sp³-hybridized carbons (Fsp3) is 0.357. The molecule has 1 heterocycles. The van der Waals surface area contributed by atoms with Gasteiger partial charge in [-0.3, -0.25) is 4.79 Å². The van der Waals surface area contributed by atoms with Gasteiger partial charge in [-0.15, -0.1) is 11.3 Å².